The van der Waals surface area contributed by atoms with E-state index in [0.29, 0.717) is 0 Å². The maximum Gasteiger partial charge on any atom is 0.0181 e. The van der Waals surface area contributed by atoms with Crippen molar-refractivity contribution in [1.82, 2.24) is 0 Å². The van der Waals surface area contributed by atoms with Gasteiger partial charge in [0.1, 0.15) is 0 Å². The molecule has 0 nitrogen and oxygen atoms in total. The Balaban J connectivity index is 2.73. The molecule has 0 aliphatic carbocycles. The van der Waals surface area contributed by atoms with Crippen LogP contribution in [0.4, 0.5) is 0 Å². The highest BCUT2D eigenvalue weighted by molar-refractivity contribution is 9.10. The van der Waals surface area contributed by atoms with E-state index in [1.165, 1.54) is 21.9 Å². The fraction of sp³-hybridized carbons (Fsp3) is 0.231. The highest BCUT2D eigenvalue weighted by atomic mass is 79.9. The number of hydrogen-bond donors (Lipinski definition) is 0. The summed E-state index contributed by atoms with van der Waals surface area (Å²) in [5, 5.41) is 2.64. The number of halogens is 1. The second-order valence-electron chi connectivity index (χ2n) is 3.62. The van der Waals surface area contributed by atoms with Gasteiger partial charge in [-0.05, 0) is 47.4 Å². The minimum Gasteiger partial charge on any atom is -0.0613 e. The Hall–Kier alpha value is -0.820. The third kappa shape index (κ3) is 1.69. The summed E-state index contributed by atoms with van der Waals surface area (Å²) in [5.74, 6) is 0. The molecule has 0 atom stereocenters. The second-order valence-corrected chi connectivity index (χ2v) is 4.54. The molecule has 2 aromatic carbocycles. The van der Waals surface area contributed by atoms with Crippen LogP contribution in [0, 0.1) is 6.92 Å². The molecule has 0 spiro atoms. The van der Waals surface area contributed by atoms with Gasteiger partial charge in [0.05, 0.1) is 0 Å². The van der Waals surface area contributed by atoms with Crippen LogP contribution >= 0.6 is 15.9 Å². The summed E-state index contributed by atoms with van der Waals surface area (Å²) in [6, 6.07) is 11.0. The molecule has 0 N–H and O–H groups in total. The van der Waals surface area contributed by atoms with E-state index in [1.54, 1.807) is 0 Å². The van der Waals surface area contributed by atoms with Crippen LogP contribution in [0.2, 0.25) is 0 Å². The van der Waals surface area contributed by atoms with Crippen molar-refractivity contribution in [2.24, 2.45) is 0 Å². The maximum absolute atomic E-state index is 3.49. The lowest BCUT2D eigenvalue weighted by Crippen LogP contribution is -1.86. The van der Waals surface area contributed by atoms with Crippen molar-refractivity contribution in [2.45, 2.75) is 20.3 Å². The molecule has 2 aromatic rings. The molecule has 0 heterocycles. The minimum absolute atomic E-state index is 1.11. The van der Waals surface area contributed by atoms with Gasteiger partial charge < -0.3 is 0 Å². The summed E-state index contributed by atoms with van der Waals surface area (Å²) in [4.78, 5) is 0. The molecule has 0 radical (unpaired) electrons. The summed E-state index contributed by atoms with van der Waals surface area (Å²) in [6.45, 7) is 4.38. The third-order valence-corrected chi connectivity index (χ3v) is 3.13. The lowest BCUT2D eigenvalue weighted by molar-refractivity contribution is 1.12. The fourth-order valence-electron chi connectivity index (χ4n) is 1.81. The number of fused-ring (bicyclic) bond motifs is 1. The Bertz CT molecular complexity index is 472. The van der Waals surface area contributed by atoms with Gasteiger partial charge in [0.2, 0.25) is 0 Å². The average molecular weight is 249 g/mol. The van der Waals surface area contributed by atoms with Crippen LogP contribution in [0.25, 0.3) is 10.8 Å². The molecule has 0 amide bonds. The first-order valence-corrected chi connectivity index (χ1v) is 5.69. The second kappa shape index (κ2) is 3.74. The molecule has 0 saturated heterocycles. The zero-order valence-corrected chi connectivity index (χ0v) is 10.1. The standard InChI is InChI=1S/C13H13Br/c1-3-10-7-11-4-5-13(14)8-12(11)6-9(10)2/h4-8H,3H2,1-2H3. The van der Waals surface area contributed by atoms with Crippen molar-refractivity contribution in [3.63, 3.8) is 0 Å². The van der Waals surface area contributed by atoms with Crippen molar-refractivity contribution in [1.29, 1.82) is 0 Å². The van der Waals surface area contributed by atoms with E-state index >= 15 is 0 Å². The van der Waals surface area contributed by atoms with E-state index < -0.39 is 0 Å². The smallest absolute Gasteiger partial charge is 0.0181 e. The lowest BCUT2D eigenvalue weighted by Gasteiger charge is -2.06. The first-order chi connectivity index (χ1) is 6.70. The van der Waals surface area contributed by atoms with Crippen molar-refractivity contribution < 1.29 is 0 Å². The van der Waals surface area contributed by atoms with Crippen LogP contribution in [-0.4, -0.2) is 0 Å². The molecular weight excluding hydrogens is 236 g/mol. The van der Waals surface area contributed by atoms with Crippen LogP contribution in [0.3, 0.4) is 0 Å². The van der Waals surface area contributed by atoms with Crippen molar-refractivity contribution >= 4 is 26.7 Å². The number of hydrogen-bond acceptors (Lipinski definition) is 0. The van der Waals surface area contributed by atoms with E-state index in [9.17, 15) is 0 Å². The van der Waals surface area contributed by atoms with Crippen LogP contribution < -0.4 is 0 Å². The first kappa shape index (κ1) is 9.72. The number of rotatable bonds is 1. The van der Waals surface area contributed by atoms with Gasteiger partial charge in [-0.15, -0.1) is 0 Å². The van der Waals surface area contributed by atoms with Crippen molar-refractivity contribution in [2.75, 3.05) is 0 Å². The third-order valence-electron chi connectivity index (χ3n) is 2.64. The Morgan fingerprint density at radius 2 is 1.86 bits per heavy atom. The molecule has 14 heavy (non-hydrogen) atoms. The molecule has 0 aromatic heterocycles. The monoisotopic (exact) mass is 248 g/mol. The molecular formula is C13H13Br. The van der Waals surface area contributed by atoms with Gasteiger partial charge in [0.15, 0.2) is 0 Å². The van der Waals surface area contributed by atoms with Gasteiger partial charge in [0, 0.05) is 4.47 Å². The summed E-state index contributed by atoms with van der Waals surface area (Å²) in [6.07, 6.45) is 1.11. The fourth-order valence-corrected chi connectivity index (χ4v) is 2.19. The lowest BCUT2D eigenvalue weighted by atomic mass is 10.0. The van der Waals surface area contributed by atoms with E-state index in [-0.39, 0.29) is 0 Å². The van der Waals surface area contributed by atoms with Crippen LogP contribution in [0.15, 0.2) is 34.8 Å². The summed E-state index contributed by atoms with van der Waals surface area (Å²) in [5.41, 5.74) is 2.83. The average Bonchev–Trinajstić information content (AvgIpc) is 2.16. The van der Waals surface area contributed by atoms with Crippen LogP contribution in [0.1, 0.15) is 18.1 Å². The highest BCUT2D eigenvalue weighted by Crippen LogP contribution is 2.23. The first-order valence-electron chi connectivity index (χ1n) is 4.89. The number of aryl methyl sites for hydroxylation is 2. The maximum atomic E-state index is 3.49. The Morgan fingerprint density at radius 3 is 2.57 bits per heavy atom. The predicted molar refractivity (Wildman–Crippen MR) is 65.8 cm³/mol. The quantitative estimate of drug-likeness (QED) is 0.699. The number of benzene rings is 2. The molecule has 2 rings (SSSR count). The summed E-state index contributed by atoms with van der Waals surface area (Å²) in [7, 11) is 0. The summed E-state index contributed by atoms with van der Waals surface area (Å²) >= 11 is 3.49. The molecule has 0 saturated carbocycles. The van der Waals surface area contributed by atoms with Gasteiger partial charge in [-0.3, -0.25) is 0 Å². The molecule has 0 aliphatic heterocycles. The Labute approximate surface area is 93.1 Å². The SMILES string of the molecule is CCc1cc2ccc(Br)cc2cc1C. The molecule has 0 aliphatic rings. The van der Waals surface area contributed by atoms with E-state index in [4.69, 9.17) is 0 Å². The zero-order valence-electron chi connectivity index (χ0n) is 8.47. The highest BCUT2D eigenvalue weighted by Gasteiger charge is 2.00. The zero-order chi connectivity index (χ0) is 10.1. The predicted octanol–water partition coefficient (Wildman–Crippen LogP) is 4.47. The largest absolute Gasteiger partial charge is 0.0613 e. The van der Waals surface area contributed by atoms with Gasteiger partial charge in [-0.2, -0.15) is 0 Å². The topological polar surface area (TPSA) is 0 Å². The molecule has 0 fully saturated rings. The van der Waals surface area contributed by atoms with E-state index in [0.717, 1.165) is 10.9 Å². The molecule has 0 unspecified atom stereocenters. The molecule has 0 bridgehead atoms. The normalized spacial score (nSPS) is 10.8. The van der Waals surface area contributed by atoms with E-state index in [2.05, 4.69) is 60.1 Å². The van der Waals surface area contributed by atoms with Gasteiger partial charge >= 0.3 is 0 Å². The van der Waals surface area contributed by atoms with Gasteiger partial charge in [-0.25, -0.2) is 0 Å². The van der Waals surface area contributed by atoms with Gasteiger partial charge in [0.25, 0.3) is 0 Å². The van der Waals surface area contributed by atoms with Gasteiger partial charge in [-0.1, -0.05) is 41.1 Å². The molecule has 72 valence electrons. The van der Waals surface area contributed by atoms with Crippen LogP contribution in [-0.2, 0) is 6.42 Å². The van der Waals surface area contributed by atoms with E-state index in [1.807, 2.05) is 0 Å². The Morgan fingerprint density at radius 1 is 1.07 bits per heavy atom. The van der Waals surface area contributed by atoms with Crippen molar-refractivity contribution in [3.8, 4) is 0 Å². The Kier molecular flexibility index (Phi) is 2.60. The van der Waals surface area contributed by atoms with Crippen molar-refractivity contribution in [3.05, 3.63) is 45.9 Å². The summed E-state index contributed by atoms with van der Waals surface area (Å²) < 4.78 is 1.15. The van der Waals surface area contributed by atoms with Crippen LogP contribution in [0.5, 0.6) is 0 Å². The minimum atomic E-state index is 1.11. The molecule has 1 heteroatoms.